The number of rotatable bonds is 6. The van der Waals surface area contributed by atoms with E-state index in [1.54, 1.807) is 0 Å². The van der Waals surface area contributed by atoms with Crippen LogP contribution in [0.25, 0.3) is 0 Å². The standard InChI is InChI=1S/C12H28N2/c1-6-8-10(9-7-2)11(14-13)12(3,4)5/h10-11,14H,6-9,13H2,1-5H3. The van der Waals surface area contributed by atoms with E-state index in [1.807, 2.05) is 0 Å². The Morgan fingerprint density at radius 1 is 1.07 bits per heavy atom. The van der Waals surface area contributed by atoms with Crippen LogP contribution in [0.15, 0.2) is 0 Å². The maximum atomic E-state index is 5.67. The Kier molecular flexibility index (Phi) is 6.38. The van der Waals surface area contributed by atoms with Crippen molar-refractivity contribution in [3.8, 4) is 0 Å². The van der Waals surface area contributed by atoms with Crippen molar-refractivity contribution in [1.29, 1.82) is 0 Å². The first-order valence-corrected chi connectivity index (χ1v) is 5.93. The Balaban J connectivity index is 4.41. The van der Waals surface area contributed by atoms with E-state index in [0.717, 1.165) is 5.92 Å². The van der Waals surface area contributed by atoms with Gasteiger partial charge in [-0.25, -0.2) is 0 Å². The molecule has 1 unspecified atom stereocenters. The Hall–Kier alpha value is -0.0800. The minimum atomic E-state index is 0.254. The zero-order valence-electron chi connectivity index (χ0n) is 10.6. The van der Waals surface area contributed by atoms with Crippen molar-refractivity contribution in [3.63, 3.8) is 0 Å². The van der Waals surface area contributed by atoms with Crippen molar-refractivity contribution in [2.75, 3.05) is 0 Å². The second-order valence-corrected chi connectivity index (χ2v) is 5.35. The minimum Gasteiger partial charge on any atom is -0.271 e. The second-order valence-electron chi connectivity index (χ2n) is 5.35. The highest BCUT2D eigenvalue weighted by atomic mass is 15.2. The average molecular weight is 200 g/mol. The summed E-state index contributed by atoms with van der Waals surface area (Å²) in [4.78, 5) is 0. The topological polar surface area (TPSA) is 38.0 Å². The fraction of sp³-hybridized carbons (Fsp3) is 1.00. The summed E-state index contributed by atoms with van der Waals surface area (Å²) in [5.41, 5.74) is 3.27. The lowest BCUT2D eigenvalue weighted by Crippen LogP contribution is -2.49. The molecule has 1 atom stereocenters. The molecule has 0 fully saturated rings. The molecule has 0 saturated carbocycles. The van der Waals surface area contributed by atoms with Crippen LogP contribution < -0.4 is 11.3 Å². The lowest BCUT2D eigenvalue weighted by atomic mass is 9.76. The highest BCUT2D eigenvalue weighted by Crippen LogP contribution is 2.30. The van der Waals surface area contributed by atoms with Gasteiger partial charge in [-0.05, 0) is 24.2 Å². The summed E-state index contributed by atoms with van der Waals surface area (Å²) in [7, 11) is 0. The summed E-state index contributed by atoms with van der Waals surface area (Å²) in [6.45, 7) is 11.3. The monoisotopic (exact) mass is 200 g/mol. The van der Waals surface area contributed by atoms with Crippen LogP contribution in [0.2, 0.25) is 0 Å². The van der Waals surface area contributed by atoms with E-state index >= 15 is 0 Å². The molecule has 0 aromatic heterocycles. The highest BCUT2D eigenvalue weighted by molar-refractivity contribution is 4.84. The summed E-state index contributed by atoms with van der Waals surface area (Å²) in [5.74, 6) is 6.39. The fourth-order valence-corrected chi connectivity index (χ4v) is 2.31. The van der Waals surface area contributed by atoms with Crippen LogP contribution in [0.3, 0.4) is 0 Å². The van der Waals surface area contributed by atoms with Crippen molar-refractivity contribution < 1.29 is 0 Å². The molecule has 0 amide bonds. The van der Waals surface area contributed by atoms with E-state index in [1.165, 1.54) is 25.7 Å². The molecule has 86 valence electrons. The Morgan fingerprint density at radius 3 is 1.71 bits per heavy atom. The van der Waals surface area contributed by atoms with Crippen LogP contribution >= 0.6 is 0 Å². The first-order valence-electron chi connectivity index (χ1n) is 5.93. The first kappa shape index (κ1) is 13.9. The second kappa shape index (κ2) is 6.41. The molecule has 2 heteroatoms. The van der Waals surface area contributed by atoms with Gasteiger partial charge in [-0.2, -0.15) is 0 Å². The van der Waals surface area contributed by atoms with E-state index < -0.39 is 0 Å². The van der Waals surface area contributed by atoms with Crippen molar-refractivity contribution in [3.05, 3.63) is 0 Å². The fourth-order valence-electron chi connectivity index (χ4n) is 2.31. The highest BCUT2D eigenvalue weighted by Gasteiger charge is 2.29. The quantitative estimate of drug-likeness (QED) is 0.511. The summed E-state index contributed by atoms with van der Waals surface area (Å²) < 4.78 is 0. The van der Waals surface area contributed by atoms with Gasteiger partial charge in [0, 0.05) is 6.04 Å². The summed E-state index contributed by atoms with van der Waals surface area (Å²) in [6.07, 6.45) is 5.05. The molecule has 0 aliphatic heterocycles. The summed E-state index contributed by atoms with van der Waals surface area (Å²) in [6, 6.07) is 0.433. The third-order valence-corrected chi connectivity index (χ3v) is 2.90. The molecular weight excluding hydrogens is 172 g/mol. The number of hydrazine groups is 1. The number of hydrogen-bond donors (Lipinski definition) is 2. The van der Waals surface area contributed by atoms with Crippen molar-refractivity contribution in [2.45, 2.75) is 66.3 Å². The van der Waals surface area contributed by atoms with Crippen LogP contribution in [0.4, 0.5) is 0 Å². The molecule has 0 saturated heterocycles. The van der Waals surface area contributed by atoms with E-state index in [-0.39, 0.29) is 5.41 Å². The van der Waals surface area contributed by atoms with Gasteiger partial charge in [-0.1, -0.05) is 47.5 Å². The van der Waals surface area contributed by atoms with Crippen molar-refractivity contribution >= 4 is 0 Å². The molecule has 0 aliphatic carbocycles. The van der Waals surface area contributed by atoms with Crippen molar-refractivity contribution in [1.82, 2.24) is 5.43 Å². The molecule has 0 radical (unpaired) electrons. The Morgan fingerprint density at radius 2 is 1.50 bits per heavy atom. The van der Waals surface area contributed by atoms with Crippen molar-refractivity contribution in [2.24, 2.45) is 17.2 Å². The van der Waals surface area contributed by atoms with Crippen LogP contribution in [0.5, 0.6) is 0 Å². The van der Waals surface area contributed by atoms with Crippen LogP contribution in [-0.2, 0) is 0 Å². The van der Waals surface area contributed by atoms with Crippen LogP contribution in [-0.4, -0.2) is 6.04 Å². The first-order chi connectivity index (χ1) is 6.47. The molecule has 3 N–H and O–H groups in total. The van der Waals surface area contributed by atoms with Gasteiger partial charge >= 0.3 is 0 Å². The van der Waals surface area contributed by atoms with Crippen LogP contribution in [0.1, 0.15) is 60.3 Å². The van der Waals surface area contributed by atoms with E-state index in [0.29, 0.717) is 6.04 Å². The minimum absolute atomic E-state index is 0.254. The Bertz CT molecular complexity index is 132. The van der Waals surface area contributed by atoms with Gasteiger partial charge in [0.2, 0.25) is 0 Å². The molecule has 2 nitrogen and oxygen atoms in total. The van der Waals surface area contributed by atoms with Crippen LogP contribution in [0, 0.1) is 11.3 Å². The van der Waals surface area contributed by atoms with E-state index in [4.69, 9.17) is 5.84 Å². The van der Waals surface area contributed by atoms with Gasteiger partial charge in [0.1, 0.15) is 0 Å². The lowest BCUT2D eigenvalue weighted by molar-refractivity contribution is 0.175. The van der Waals surface area contributed by atoms with Gasteiger partial charge < -0.3 is 0 Å². The number of hydrogen-bond acceptors (Lipinski definition) is 2. The van der Waals surface area contributed by atoms with Gasteiger partial charge in [0.15, 0.2) is 0 Å². The zero-order valence-corrected chi connectivity index (χ0v) is 10.6. The van der Waals surface area contributed by atoms with Gasteiger partial charge in [0.25, 0.3) is 0 Å². The molecule has 0 aromatic carbocycles. The lowest BCUT2D eigenvalue weighted by Gasteiger charge is -2.36. The summed E-state index contributed by atoms with van der Waals surface area (Å²) >= 11 is 0. The number of nitrogens with one attached hydrogen (secondary N) is 1. The van der Waals surface area contributed by atoms with Gasteiger partial charge in [-0.15, -0.1) is 0 Å². The normalized spacial score (nSPS) is 14.8. The molecule has 0 aromatic rings. The molecule has 0 heterocycles. The molecule has 0 aliphatic rings. The molecule has 0 spiro atoms. The maximum absolute atomic E-state index is 5.67. The summed E-state index contributed by atoms with van der Waals surface area (Å²) in [5, 5.41) is 0. The Labute approximate surface area is 89.6 Å². The third kappa shape index (κ3) is 4.43. The predicted octanol–water partition coefficient (Wildman–Crippen LogP) is 3.08. The molecule has 0 bridgehead atoms. The average Bonchev–Trinajstić information content (AvgIpc) is 2.03. The number of nitrogens with two attached hydrogens (primary N) is 1. The largest absolute Gasteiger partial charge is 0.271 e. The van der Waals surface area contributed by atoms with Gasteiger partial charge in [0.05, 0.1) is 0 Å². The van der Waals surface area contributed by atoms with Gasteiger partial charge in [-0.3, -0.25) is 11.3 Å². The zero-order chi connectivity index (χ0) is 11.2. The SMILES string of the molecule is CCCC(CCC)C(NN)C(C)(C)C. The molecule has 14 heavy (non-hydrogen) atoms. The third-order valence-electron chi connectivity index (χ3n) is 2.90. The molecule has 0 rings (SSSR count). The van der Waals surface area contributed by atoms with E-state index in [2.05, 4.69) is 40.0 Å². The molecular formula is C12H28N2. The van der Waals surface area contributed by atoms with E-state index in [9.17, 15) is 0 Å². The maximum Gasteiger partial charge on any atom is 0.0287 e. The predicted molar refractivity (Wildman–Crippen MR) is 63.9 cm³/mol. The smallest absolute Gasteiger partial charge is 0.0287 e.